The average Bonchev–Trinajstić information content (AvgIpc) is 2.66. The molecule has 0 aliphatic rings. The first-order chi connectivity index (χ1) is 13.6. The number of anilines is 1. The average molecular weight is 441 g/mol. The van der Waals surface area contributed by atoms with Gasteiger partial charge < -0.3 is 9.88 Å². The van der Waals surface area contributed by atoms with Crippen molar-refractivity contribution < 1.29 is 18.0 Å². The molecule has 0 bridgehead atoms. The molecule has 0 saturated heterocycles. The molecule has 0 atom stereocenters. The molecule has 0 aliphatic carbocycles. The Morgan fingerprint density at radius 3 is 2.38 bits per heavy atom. The van der Waals surface area contributed by atoms with Crippen molar-refractivity contribution in [2.75, 3.05) is 5.32 Å². The van der Waals surface area contributed by atoms with Gasteiger partial charge in [-0.1, -0.05) is 35.3 Å². The molecule has 2 aromatic carbocycles. The Labute approximate surface area is 173 Å². The van der Waals surface area contributed by atoms with E-state index in [2.05, 4.69) is 5.32 Å². The Morgan fingerprint density at radius 2 is 1.72 bits per heavy atom. The first-order valence-electron chi connectivity index (χ1n) is 8.26. The van der Waals surface area contributed by atoms with Crippen LogP contribution in [0.25, 0.3) is 0 Å². The van der Waals surface area contributed by atoms with Crippen LogP contribution in [-0.2, 0) is 12.7 Å². The van der Waals surface area contributed by atoms with E-state index >= 15 is 0 Å². The monoisotopic (exact) mass is 440 g/mol. The van der Waals surface area contributed by atoms with Crippen molar-refractivity contribution in [1.82, 2.24) is 4.57 Å². The molecule has 9 heteroatoms. The predicted molar refractivity (Wildman–Crippen MR) is 106 cm³/mol. The number of hydrogen-bond donors (Lipinski definition) is 1. The second-order valence-electron chi connectivity index (χ2n) is 6.17. The van der Waals surface area contributed by atoms with E-state index in [1.165, 1.54) is 24.4 Å². The van der Waals surface area contributed by atoms with Crippen LogP contribution in [0.15, 0.2) is 65.6 Å². The molecule has 3 rings (SSSR count). The minimum atomic E-state index is -4.50. The van der Waals surface area contributed by atoms with E-state index in [0.717, 1.165) is 16.7 Å². The van der Waals surface area contributed by atoms with Gasteiger partial charge in [-0.2, -0.15) is 13.2 Å². The van der Waals surface area contributed by atoms with Crippen LogP contribution in [0, 0.1) is 0 Å². The Bertz CT molecular complexity index is 1110. The maximum absolute atomic E-state index is 12.9. The zero-order valence-corrected chi connectivity index (χ0v) is 16.1. The van der Waals surface area contributed by atoms with Crippen molar-refractivity contribution in [2.24, 2.45) is 0 Å². The summed E-state index contributed by atoms with van der Waals surface area (Å²) < 4.78 is 39.8. The first-order valence-corrected chi connectivity index (χ1v) is 9.02. The highest BCUT2D eigenvalue weighted by atomic mass is 35.5. The smallest absolute Gasteiger partial charge is 0.322 e. The number of rotatable bonds is 4. The molecule has 3 aromatic rings. The molecule has 4 nitrogen and oxygen atoms in total. The molecule has 1 N–H and O–H groups in total. The van der Waals surface area contributed by atoms with E-state index in [4.69, 9.17) is 23.2 Å². The van der Waals surface area contributed by atoms with Crippen LogP contribution in [0.4, 0.5) is 18.9 Å². The molecule has 29 heavy (non-hydrogen) atoms. The quantitative estimate of drug-likeness (QED) is 0.584. The number of carbonyl (C=O) groups is 1. The number of benzene rings is 2. The summed E-state index contributed by atoms with van der Waals surface area (Å²) in [5.41, 5.74) is -0.645. The highest BCUT2D eigenvalue weighted by Crippen LogP contribution is 2.29. The van der Waals surface area contributed by atoms with E-state index in [1.807, 2.05) is 0 Å². The Hall–Kier alpha value is -2.77. The minimum absolute atomic E-state index is 0.0801. The van der Waals surface area contributed by atoms with Gasteiger partial charge in [0.15, 0.2) is 0 Å². The number of hydrogen-bond acceptors (Lipinski definition) is 2. The summed E-state index contributed by atoms with van der Waals surface area (Å²) in [6, 6.07) is 12.2. The third-order valence-electron chi connectivity index (χ3n) is 4.01. The Morgan fingerprint density at radius 1 is 1.03 bits per heavy atom. The minimum Gasteiger partial charge on any atom is -0.322 e. The molecule has 0 unspecified atom stereocenters. The van der Waals surface area contributed by atoms with Gasteiger partial charge in [-0.15, -0.1) is 0 Å². The van der Waals surface area contributed by atoms with E-state index < -0.39 is 23.2 Å². The maximum atomic E-state index is 12.9. The predicted octanol–water partition coefficient (Wildman–Crippen LogP) is 5.47. The molecular formula is C20H13Cl2F3N2O2. The van der Waals surface area contributed by atoms with Crippen molar-refractivity contribution in [1.29, 1.82) is 0 Å². The summed E-state index contributed by atoms with van der Waals surface area (Å²) in [6.45, 7) is -0.176. The van der Waals surface area contributed by atoms with Gasteiger partial charge in [-0.25, -0.2) is 0 Å². The molecule has 0 fully saturated rings. The number of nitrogens with one attached hydrogen (secondary N) is 1. The normalized spacial score (nSPS) is 11.3. The van der Waals surface area contributed by atoms with Crippen molar-refractivity contribution in [3.63, 3.8) is 0 Å². The van der Waals surface area contributed by atoms with Gasteiger partial charge >= 0.3 is 6.18 Å². The molecule has 0 aliphatic heterocycles. The second kappa shape index (κ2) is 8.31. The molecule has 1 heterocycles. The van der Waals surface area contributed by atoms with Gasteiger partial charge in [-0.05, 0) is 48.0 Å². The van der Waals surface area contributed by atoms with E-state index in [9.17, 15) is 22.8 Å². The number of pyridine rings is 1. The van der Waals surface area contributed by atoms with Gasteiger partial charge in [0.1, 0.15) is 5.02 Å². The third kappa shape index (κ3) is 5.19. The number of nitrogens with zero attached hydrogens (tertiary/aromatic N) is 1. The number of aromatic nitrogens is 1. The Kier molecular flexibility index (Phi) is 6.00. The van der Waals surface area contributed by atoms with Crippen molar-refractivity contribution in [3.05, 3.63) is 97.9 Å². The van der Waals surface area contributed by atoms with E-state index in [0.29, 0.717) is 10.7 Å². The lowest BCUT2D eigenvalue weighted by Crippen LogP contribution is -2.24. The number of halogens is 5. The summed E-state index contributed by atoms with van der Waals surface area (Å²) in [5.74, 6) is -0.535. The highest BCUT2D eigenvalue weighted by Gasteiger charge is 2.30. The van der Waals surface area contributed by atoms with E-state index in [1.54, 1.807) is 24.3 Å². The maximum Gasteiger partial charge on any atom is 0.416 e. The van der Waals surface area contributed by atoms with Crippen LogP contribution in [0.3, 0.4) is 0 Å². The summed E-state index contributed by atoms with van der Waals surface area (Å²) in [7, 11) is 0. The lowest BCUT2D eigenvalue weighted by Gasteiger charge is -2.12. The highest BCUT2D eigenvalue weighted by molar-refractivity contribution is 6.31. The Balaban J connectivity index is 1.89. The fourth-order valence-corrected chi connectivity index (χ4v) is 2.97. The molecule has 0 saturated carbocycles. The third-order valence-corrected chi connectivity index (χ3v) is 4.54. The van der Waals surface area contributed by atoms with Crippen molar-refractivity contribution >= 4 is 34.8 Å². The topological polar surface area (TPSA) is 51.1 Å². The van der Waals surface area contributed by atoms with Crippen molar-refractivity contribution in [3.8, 4) is 0 Å². The first kappa shape index (κ1) is 21.0. The molecule has 1 amide bonds. The van der Waals surface area contributed by atoms with Crippen LogP contribution < -0.4 is 10.9 Å². The SMILES string of the molecule is O=C(Nc1ccc(Cl)cc1)c1cc(Cl)c(=O)n(Cc2cccc(C(F)(F)F)c2)c1. The van der Waals surface area contributed by atoms with Crippen molar-refractivity contribution in [2.45, 2.75) is 12.7 Å². The molecule has 0 spiro atoms. The lowest BCUT2D eigenvalue weighted by atomic mass is 10.1. The van der Waals surface area contributed by atoms with Gasteiger partial charge in [0, 0.05) is 16.9 Å². The van der Waals surface area contributed by atoms with Crippen LogP contribution in [0.5, 0.6) is 0 Å². The molecule has 150 valence electrons. The summed E-state index contributed by atoms with van der Waals surface area (Å²) >= 11 is 11.7. The van der Waals surface area contributed by atoms with Gasteiger partial charge in [0.2, 0.25) is 0 Å². The number of amides is 1. The molecule has 0 radical (unpaired) electrons. The van der Waals surface area contributed by atoms with Gasteiger partial charge in [0.25, 0.3) is 11.5 Å². The summed E-state index contributed by atoms with van der Waals surface area (Å²) in [6.07, 6.45) is -3.25. The van der Waals surface area contributed by atoms with Crippen LogP contribution in [-0.4, -0.2) is 10.5 Å². The molecule has 1 aromatic heterocycles. The zero-order valence-electron chi connectivity index (χ0n) is 14.6. The number of carbonyl (C=O) groups excluding carboxylic acids is 1. The largest absolute Gasteiger partial charge is 0.416 e. The summed E-state index contributed by atoms with van der Waals surface area (Å²) in [5, 5.41) is 2.91. The zero-order chi connectivity index (χ0) is 21.2. The fourth-order valence-electron chi connectivity index (χ4n) is 2.62. The van der Waals surface area contributed by atoms with Gasteiger partial charge in [0.05, 0.1) is 17.7 Å². The van der Waals surface area contributed by atoms with Gasteiger partial charge in [-0.3, -0.25) is 9.59 Å². The number of alkyl halides is 3. The fraction of sp³-hybridized carbons (Fsp3) is 0.100. The second-order valence-corrected chi connectivity index (χ2v) is 7.01. The van der Waals surface area contributed by atoms with Crippen LogP contribution in [0.1, 0.15) is 21.5 Å². The lowest BCUT2D eigenvalue weighted by molar-refractivity contribution is -0.137. The van der Waals surface area contributed by atoms with Crippen LogP contribution in [0.2, 0.25) is 10.0 Å². The standard InChI is InChI=1S/C20H13Cl2F3N2O2/c21-15-4-6-16(7-5-15)26-18(28)13-9-17(22)19(29)27(11-13)10-12-2-1-3-14(8-12)20(23,24)25/h1-9,11H,10H2,(H,26,28). The van der Waals surface area contributed by atoms with E-state index in [-0.39, 0.29) is 22.7 Å². The van der Waals surface area contributed by atoms with Crippen LogP contribution >= 0.6 is 23.2 Å². The molecular weight excluding hydrogens is 428 g/mol. The summed E-state index contributed by atoms with van der Waals surface area (Å²) in [4.78, 5) is 24.8.